The molecule has 4 aromatic rings. The number of hydrogen-bond acceptors (Lipinski definition) is 4. The standard InChI is InChI=1S/C18H12N2O3/c21-16(12-10-19-13-6-2-1-5-11(12)13)9-15-18(22)23-17-8-4-3-7-14(17)20-15/h1-10,19,21H/b16-9-. The van der Waals surface area contributed by atoms with E-state index in [1.165, 1.54) is 6.08 Å². The van der Waals surface area contributed by atoms with Crippen molar-refractivity contribution >= 4 is 33.8 Å². The summed E-state index contributed by atoms with van der Waals surface area (Å²) in [6.07, 6.45) is 3.02. The third-order valence-electron chi connectivity index (χ3n) is 3.66. The maximum absolute atomic E-state index is 12.0. The zero-order valence-corrected chi connectivity index (χ0v) is 12.0. The minimum absolute atomic E-state index is 0.0440. The number of H-pyrrole nitrogens is 1. The minimum Gasteiger partial charge on any atom is -0.507 e. The monoisotopic (exact) mass is 304 g/mol. The van der Waals surface area contributed by atoms with Gasteiger partial charge in [-0.1, -0.05) is 30.3 Å². The second-order valence-electron chi connectivity index (χ2n) is 5.13. The molecule has 0 atom stereocenters. The van der Waals surface area contributed by atoms with Gasteiger partial charge in [-0.15, -0.1) is 0 Å². The lowest BCUT2D eigenvalue weighted by atomic mass is 10.1. The summed E-state index contributed by atoms with van der Waals surface area (Å²) in [4.78, 5) is 19.3. The van der Waals surface area contributed by atoms with Crippen molar-refractivity contribution < 1.29 is 9.52 Å². The van der Waals surface area contributed by atoms with Gasteiger partial charge in [-0.3, -0.25) is 0 Å². The molecule has 112 valence electrons. The van der Waals surface area contributed by atoms with Crippen LogP contribution in [0.15, 0.2) is 63.9 Å². The van der Waals surface area contributed by atoms with Crippen molar-refractivity contribution in [2.75, 3.05) is 0 Å². The number of fused-ring (bicyclic) bond motifs is 2. The van der Waals surface area contributed by atoms with Gasteiger partial charge in [-0.2, -0.15) is 0 Å². The molecule has 0 bridgehead atoms. The SMILES string of the molecule is O=c1oc2ccccc2nc1/C=C(\O)c1c[nH]c2ccccc12. The normalized spacial score (nSPS) is 12.1. The molecular weight excluding hydrogens is 292 g/mol. The number of nitrogens with one attached hydrogen (secondary N) is 1. The molecule has 23 heavy (non-hydrogen) atoms. The van der Waals surface area contributed by atoms with Crippen LogP contribution in [0.2, 0.25) is 0 Å². The van der Waals surface area contributed by atoms with E-state index in [-0.39, 0.29) is 11.5 Å². The van der Waals surface area contributed by atoms with Crippen LogP contribution in [0, 0.1) is 0 Å². The summed E-state index contributed by atoms with van der Waals surface area (Å²) >= 11 is 0. The molecule has 2 N–H and O–H groups in total. The fraction of sp³-hybridized carbons (Fsp3) is 0. The van der Waals surface area contributed by atoms with E-state index in [0.717, 1.165) is 10.9 Å². The molecule has 0 amide bonds. The van der Waals surface area contributed by atoms with Crippen LogP contribution in [0.5, 0.6) is 0 Å². The van der Waals surface area contributed by atoms with Crippen LogP contribution in [-0.2, 0) is 0 Å². The summed E-state index contributed by atoms with van der Waals surface area (Å²) in [5.41, 5.74) is 1.96. The van der Waals surface area contributed by atoms with E-state index in [4.69, 9.17) is 4.42 Å². The molecule has 0 saturated carbocycles. The zero-order valence-electron chi connectivity index (χ0n) is 12.0. The van der Waals surface area contributed by atoms with E-state index >= 15 is 0 Å². The maximum atomic E-state index is 12.0. The highest BCUT2D eigenvalue weighted by molar-refractivity contribution is 5.94. The van der Waals surface area contributed by atoms with Gasteiger partial charge in [-0.25, -0.2) is 9.78 Å². The fourth-order valence-corrected chi connectivity index (χ4v) is 2.55. The Labute approximate surface area is 130 Å². The summed E-state index contributed by atoms with van der Waals surface area (Å²) in [7, 11) is 0. The highest BCUT2D eigenvalue weighted by Crippen LogP contribution is 2.24. The van der Waals surface area contributed by atoms with E-state index in [1.54, 1.807) is 24.4 Å². The molecule has 2 aromatic heterocycles. The Morgan fingerprint density at radius 2 is 1.91 bits per heavy atom. The van der Waals surface area contributed by atoms with E-state index < -0.39 is 5.63 Å². The molecule has 4 rings (SSSR count). The van der Waals surface area contributed by atoms with Crippen molar-refractivity contribution in [2.45, 2.75) is 0 Å². The Morgan fingerprint density at radius 1 is 1.13 bits per heavy atom. The largest absolute Gasteiger partial charge is 0.507 e. The highest BCUT2D eigenvalue weighted by Gasteiger charge is 2.10. The first-order chi connectivity index (χ1) is 11.2. The van der Waals surface area contributed by atoms with Gasteiger partial charge < -0.3 is 14.5 Å². The third-order valence-corrected chi connectivity index (χ3v) is 3.66. The molecule has 0 fully saturated rings. The van der Waals surface area contributed by atoms with Crippen molar-refractivity contribution in [3.63, 3.8) is 0 Å². The quantitative estimate of drug-likeness (QED) is 0.553. The molecule has 2 heterocycles. The molecule has 5 heteroatoms. The van der Waals surface area contributed by atoms with E-state index in [9.17, 15) is 9.90 Å². The summed E-state index contributed by atoms with van der Waals surface area (Å²) < 4.78 is 5.22. The first kappa shape index (κ1) is 13.3. The second-order valence-corrected chi connectivity index (χ2v) is 5.13. The minimum atomic E-state index is -0.588. The van der Waals surface area contributed by atoms with Crippen LogP contribution in [0.1, 0.15) is 11.3 Å². The van der Waals surface area contributed by atoms with Gasteiger partial charge in [0, 0.05) is 28.7 Å². The number of aliphatic hydroxyl groups excluding tert-OH is 1. The number of benzene rings is 2. The van der Waals surface area contributed by atoms with Crippen molar-refractivity contribution in [3.8, 4) is 0 Å². The Kier molecular flexibility index (Phi) is 2.98. The van der Waals surface area contributed by atoms with Crippen LogP contribution in [0.3, 0.4) is 0 Å². The van der Waals surface area contributed by atoms with E-state index in [0.29, 0.717) is 16.7 Å². The van der Waals surface area contributed by atoms with Gasteiger partial charge in [0.05, 0.1) is 0 Å². The first-order valence-corrected chi connectivity index (χ1v) is 7.09. The van der Waals surface area contributed by atoms with Crippen LogP contribution in [-0.4, -0.2) is 15.1 Å². The lowest BCUT2D eigenvalue weighted by molar-refractivity contribution is 0.514. The number of aromatic amines is 1. The molecule has 0 spiro atoms. The zero-order chi connectivity index (χ0) is 15.8. The predicted octanol–water partition coefficient (Wildman–Crippen LogP) is 3.73. The Balaban J connectivity index is 1.86. The molecule has 0 radical (unpaired) electrons. The van der Waals surface area contributed by atoms with Gasteiger partial charge in [0.15, 0.2) is 11.3 Å². The van der Waals surface area contributed by atoms with Crippen molar-refractivity contribution in [2.24, 2.45) is 0 Å². The lowest BCUT2D eigenvalue weighted by Crippen LogP contribution is -2.06. The van der Waals surface area contributed by atoms with Gasteiger partial charge in [-0.05, 0) is 18.2 Å². The number of para-hydroxylation sites is 3. The molecule has 0 unspecified atom stereocenters. The van der Waals surface area contributed by atoms with Crippen molar-refractivity contribution in [3.05, 3.63) is 76.4 Å². The molecule has 2 aromatic carbocycles. The summed E-state index contributed by atoms with van der Waals surface area (Å²) in [6, 6.07) is 14.6. The smallest absolute Gasteiger partial charge is 0.362 e. The topological polar surface area (TPSA) is 79.1 Å². The number of aliphatic hydroxyl groups is 1. The van der Waals surface area contributed by atoms with Gasteiger partial charge in [0.1, 0.15) is 11.3 Å². The molecule has 5 nitrogen and oxygen atoms in total. The van der Waals surface area contributed by atoms with Gasteiger partial charge in [0.25, 0.3) is 0 Å². The van der Waals surface area contributed by atoms with Crippen molar-refractivity contribution in [1.82, 2.24) is 9.97 Å². The van der Waals surface area contributed by atoms with Crippen LogP contribution in [0.4, 0.5) is 0 Å². The second kappa shape index (κ2) is 5.14. The van der Waals surface area contributed by atoms with E-state index in [2.05, 4.69) is 9.97 Å². The number of rotatable bonds is 2. The average molecular weight is 304 g/mol. The summed E-state index contributed by atoms with van der Waals surface area (Å²) in [5, 5.41) is 11.2. The number of nitrogens with zero attached hydrogens (tertiary/aromatic N) is 1. The number of hydrogen-bond donors (Lipinski definition) is 2. The molecule has 0 aliphatic rings. The average Bonchev–Trinajstić information content (AvgIpc) is 2.99. The Hall–Kier alpha value is -3.34. The summed E-state index contributed by atoms with van der Waals surface area (Å²) in [6.45, 7) is 0. The molecule has 0 aliphatic heterocycles. The Morgan fingerprint density at radius 3 is 2.83 bits per heavy atom. The van der Waals surface area contributed by atoms with E-state index in [1.807, 2.05) is 30.3 Å². The lowest BCUT2D eigenvalue weighted by Gasteiger charge is -2.00. The maximum Gasteiger partial charge on any atom is 0.362 e. The van der Waals surface area contributed by atoms with Gasteiger partial charge >= 0.3 is 5.63 Å². The van der Waals surface area contributed by atoms with Crippen LogP contribution in [0.25, 0.3) is 33.8 Å². The number of aromatic nitrogens is 2. The molecule has 0 saturated heterocycles. The molecule has 0 aliphatic carbocycles. The van der Waals surface area contributed by atoms with Gasteiger partial charge in [0.2, 0.25) is 0 Å². The third kappa shape index (κ3) is 2.28. The Bertz CT molecular complexity index is 1110. The molecular formula is C18H12N2O3. The van der Waals surface area contributed by atoms with Crippen LogP contribution < -0.4 is 5.63 Å². The fourth-order valence-electron chi connectivity index (χ4n) is 2.55. The predicted molar refractivity (Wildman–Crippen MR) is 89.1 cm³/mol. The summed E-state index contributed by atoms with van der Waals surface area (Å²) in [5.74, 6) is -0.0440. The highest BCUT2D eigenvalue weighted by atomic mass is 16.4. The first-order valence-electron chi connectivity index (χ1n) is 7.09. The van der Waals surface area contributed by atoms with Crippen molar-refractivity contribution in [1.29, 1.82) is 0 Å². The van der Waals surface area contributed by atoms with Crippen LogP contribution >= 0.6 is 0 Å².